The highest BCUT2D eigenvalue weighted by Crippen LogP contribution is 2.43. The summed E-state index contributed by atoms with van der Waals surface area (Å²) in [5, 5.41) is 28.2. The topological polar surface area (TPSA) is 169 Å². The summed E-state index contributed by atoms with van der Waals surface area (Å²) in [7, 11) is -4.63. The fourth-order valence-corrected chi connectivity index (χ4v) is 6.18. The quantitative estimate of drug-likeness (QED) is 0.0156. The smallest absolute Gasteiger partial charge is 0.462 e. The molecule has 0 aliphatic rings. The summed E-state index contributed by atoms with van der Waals surface area (Å²) in [6, 6.07) is 0. The normalized spacial score (nSPS) is 15.0. The maximum atomic E-state index is 12.6. The molecule has 310 valence electrons. The third-order valence-electron chi connectivity index (χ3n) is 8.57. The molecular weight excluding hydrogens is 699 g/mol. The predicted octanol–water partition coefficient (Wildman–Crippen LogP) is 9.22. The van der Waals surface area contributed by atoms with E-state index in [2.05, 4.69) is 31.4 Å². The maximum Gasteiger partial charge on any atom is 0.472 e. The lowest BCUT2D eigenvalue weighted by atomic mass is 10.0. The van der Waals surface area contributed by atoms with Gasteiger partial charge in [-0.1, -0.05) is 147 Å². The summed E-state index contributed by atoms with van der Waals surface area (Å²) < 4.78 is 32.6. The Bertz CT molecular complexity index is 1010. The molecule has 0 aromatic heterocycles. The molecule has 0 saturated heterocycles. The number of hydrogen-bond donors (Lipinski definition) is 4. The molecule has 0 aliphatic carbocycles. The van der Waals surface area contributed by atoms with Crippen LogP contribution in [0.3, 0.4) is 0 Å². The van der Waals surface area contributed by atoms with Crippen LogP contribution in [0.15, 0.2) is 36.5 Å². The van der Waals surface area contributed by atoms with Gasteiger partial charge in [0.15, 0.2) is 6.10 Å². The molecule has 0 radical (unpaired) electrons. The highest BCUT2D eigenvalue weighted by Gasteiger charge is 2.27. The third kappa shape index (κ3) is 36.9. The van der Waals surface area contributed by atoms with Crippen molar-refractivity contribution in [2.75, 3.05) is 26.4 Å². The van der Waals surface area contributed by atoms with Gasteiger partial charge in [0, 0.05) is 12.8 Å². The summed E-state index contributed by atoms with van der Waals surface area (Å²) in [5.74, 6) is -0.183. The Hall–Kier alpha value is -1.85. The Labute approximate surface area is 321 Å². The number of unbranched alkanes of at least 4 members (excludes halogenated alkanes) is 15. The molecule has 0 aromatic rings. The van der Waals surface area contributed by atoms with E-state index in [1.807, 2.05) is 24.3 Å². The highest BCUT2D eigenvalue weighted by atomic mass is 31.2. The molecule has 53 heavy (non-hydrogen) atoms. The Balaban J connectivity index is 4.40. The molecular formula is C41H75O11P. The summed E-state index contributed by atoms with van der Waals surface area (Å²) in [4.78, 5) is 34.9. The number of phosphoric acid groups is 1. The zero-order valence-corrected chi connectivity index (χ0v) is 34.1. The predicted molar refractivity (Wildman–Crippen MR) is 211 cm³/mol. The minimum Gasteiger partial charge on any atom is -0.462 e. The second kappa shape index (κ2) is 35.8. The SMILES string of the molecule is CC/C=C/CC(O)/C=C/C=C/CCCCCCCC(=O)O[C@H](COC(=O)CCCCCCCCCCCCCC(C)C)COP(=O)(O)OC[C@@H](O)CO. The second-order valence-corrected chi connectivity index (χ2v) is 15.8. The van der Waals surface area contributed by atoms with E-state index in [0.717, 1.165) is 63.7 Å². The largest absolute Gasteiger partial charge is 0.472 e. The van der Waals surface area contributed by atoms with E-state index in [1.54, 1.807) is 6.08 Å². The van der Waals surface area contributed by atoms with Crippen molar-refractivity contribution in [1.29, 1.82) is 0 Å². The fourth-order valence-electron chi connectivity index (χ4n) is 5.39. The van der Waals surface area contributed by atoms with Crippen LogP contribution in [0, 0.1) is 5.92 Å². The molecule has 0 aromatic carbocycles. The Kier molecular flexibility index (Phi) is 34.6. The van der Waals surface area contributed by atoms with Crippen molar-refractivity contribution in [3.05, 3.63) is 36.5 Å². The van der Waals surface area contributed by atoms with E-state index < -0.39 is 57.9 Å². The summed E-state index contributed by atoms with van der Waals surface area (Å²) in [5.41, 5.74) is 0. The number of aliphatic hydroxyl groups excluding tert-OH is 3. The van der Waals surface area contributed by atoms with Crippen LogP contribution in [-0.4, -0.2) is 76.9 Å². The molecule has 0 bridgehead atoms. The molecule has 0 fully saturated rings. The third-order valence-corrected chi connectivity index (χ3v) is 9.52. The zero-order valence-electron chi connectivity index (χ0n) is 33.3. The van der Waals surface area contributed by atoms with Crippen molar-refractivity contribution in [3.63, 3.8) is 0 Å². The lowest BCUT2D eigenvalue weighted by molar-refractivity contribution is -0.161. The number of ether oxygens (including phenoxy) is 2. The molecule has 4 N–H and O–H groups in total. The Morgan fingerprint density at radius 1 is 0.679 bits per heavy atom. The minimum atomic E-state index is -4.63. The number of hydrogen-bond acceptors (Lipinski definition) is 10. The van der Waals surface area contributed by atoms with Crippen LogP contribution in [-0.2, 0) is 32.7 Å². The molecule has 2 unspecified atom stereocenters. The van der Waals surface area contributed by atoms with Gasteiger partial charge in [-0.05, 0) is 44.4 Å². The van der Waals surface area contributed by atoms with Gasteiger partial charge in [0.1, 0.15) is 12.7 Å². The van der Waals surface area contributed by atoms with Crippen molar-refractivity contribution in [3.8, 4) is 0 Å². The van der Waals surface area contributed by atoms with Crippen LogP contribution < -0.4 is 0 Å². The zero-order chi connectivity index (χ0) is 39.4. The van der Waals surface area contributed by atoms with E-state index in [4.69, 9.17) is 19.1 Å². The molecule has 0 rings (SSSR count). The van der Waals surface area contributed by atoms with Gasteiger partial charge >= 0.3 is 19.8 Å². The number of carbonyl (C=O) groups excluding carboxylic acids is 2. The van der Waals surface area contributed by atoms with E-state index in [-0.39, 0.29) is 19.4 Å². The van der Waals surface area contributed by atoms with Crippen LogP contribution in [0.1, 0.15) is 162 Å². The van der Waals surface area contributed by atoms with Crippen molar-refractivity contribution in [2.24, 2.45) is 5.92 Å². The van der Waals surface area contributed by atoms with E-state index in [0.29, 0.717) is 19.3 Å². The first kappa shape index (κ1) is 51.1. The average Bonchev–Trinajstić information content (AvgIpc) is 3.12. The van der Waals surface area contributed by atoms with Gasteiger partial charge in [-0.3, -0.25) is 18.6 Å². The van der Waals surface area contributed by atoms with Crippen molar-refractivity contribution in [1.82, 2.24) is 0 Å². The Morgan fingerprint density at radius 2 is 1.23 bits per heavy atom. The van der Waals surface area contributed by atoms with Crippen LogP contribution in [0.25, 0.3) is 0 Å². The second-order valence-electron chi connectivity index (χ2n) is 14.3. The molecule has 0 spiro atoms. The van der Waals surface area contributed by atoms with Gasteiger partial charge in [0.25, 0.3) is 0 Å². The summed E-state index contributed by atoms with van der Waals surface area (Å²) in [6.07, 6.45) is 30.2. The molecule has 4 atom stereocenters. The van der Waals surface area contributed by atoms with Gasteiger partial charge in [-0.2, -0.15) is 0 Å². The van der Waals surface area contributed by atoms with E-state index in [9.17, 15) is 29.3 Å². The molecule has 12 heteroatoms. The number of allylic oxidation sites excluding steroid dienone is 4. The standard InChI is InChI=1S/C41H75O11P/c1-4-5-22-28-37(43)29-24-19-15-11-9-13-17-21-26-31-41(46)52-39(35-51-53(47,48)50-33-38(44)32-42)34-49-40(45)30-25-20-16-12-8-6-7-10-14-18-23-27-36(2)3/h5,15,19,22,24,29,36-39,42-44H,4,6-14,16-18,20-21,23,25-28,30-35H2,1-3H3,(H,47,48)/b19-15+,22-5+,29-24+/t37?,38-,39+/m0/s1. The van der Waals surface area contributed by atoms with Gasteiger partial charge in [0.2, 0.25) is 0 Å². The molecule has 0 heterocycles. The summed E-state index contributed by atoms with van der Waals surface area (Å²) in [6.45, 7) is 4.43. The van der Waals surface area contributed by atoms with Gasteiger partial charge < -0.3 is 29.7 Å². The minimum absolute atomic E-state index is 0.138. The average molecular weight is 775 g/mol. The van der Waals surface area contributed by atoms with Crippen molar-refractivity contribution in [2.45, 2.75) is 180 Å². The first-order valence-electron chi connectivity index (χ1n) is 20.4. The number of aliphatic hydroxyl groups is 3. The molecule has 0 saturated carbocycles. The molecule has 11 nitrogen and oxygen atoms in total. The Morgan fingerprint density at radius 3 is 1.81 bits per heavy atom. The van der Waals surface area contributed by atoms with E-state index in [1.165, 1.54) is 51.4 Å². The first-order valence-corrected chi connectivity index (χ1v) is 21.9. The van der Waals surface area contributed by atoms with Gasteiger partial charge in [-0.15, -0.1) is 0 Å². The molecule has 0 amide bonds. The van der Waals surface area contributed by atoms with Crippen LogP contribution in [0.2, 0.25) is 0 Å². The van der Waals surface area contributed by atoms with Crippen molar-refractivity contribution < 1.29 is 52.9 Å². The highest BCUT2D eigenvalue weighted by molar-refractivity contribution is 7.47. The van der Waals surface area contributed by atoms with Gasteiger partial charge in [0.05, 0.1) is 25.9 Å². The van der Waals surface area contributed by atoms with Crippen LogP contribution >= 0.6 is 7.82 Å². The fraction of sp³-hybridized carbons (Fsp3) is 0.805. The van der Waals surface area contributed by atoms with Gasteiger partial charge in [-0.25, -0.2) is 4.57 Å². The van der Waals surface area contributed by atoms with Crippen LogP contribution in [0.5, 0.6) is 0 Å². The number of carbonyl (C=O) groups is 2. The monoisotopic (exact) mass is 775 g/mol. The first-order chi connectivity index (χ1) is 25.5. The number of esters is 2. The summed E-state index contributed by atoms with van der Waals surface area (Å²) >= 11 is 0. The maximum absolute atomic E-state index is 12.6. The van der Waals surface area contributed by atoms with Crippen molar-refractivity contribution >= 4 is 19.8 Å². The van der Waals surface area contributed by atoms with Crippen LogP contribution in [0.4, 0.5) is 0 Å². The lowest BCUT2D eigenvalue weighted by Crippen LogP contribution is -2.29. The number of rotatable bonds is 37. The molecule has 0 aliphatic heterocycles. The van der Waals surface area contributed by atoms with E-state index >= 15 is 0 Å². The lowest BCUT2D eigenvalue weighted by Gasteiger charge is -2.20. The number of phosphoric ester groups is 1.